The van der Waals surface area contributed by atoms with Crippen molar-refractivity contribution in [1.29, 1.82) is 0 Å². The van der Waals surface area contributed by atoms with Gasteiger partial charge in [0, 0.05) is 10.7 Å². The number of benzene rings is 1. The molecular formula is C10H7BrCl2N2. The first-order chi connectivity index (χ1) is 7.20. The Balaban J connectivity index is 2.48. The molecule has 0 spiro atoms. The van der Waals surface area contributed by atoms with Gasteiger partial charge < -0.3 is 0 Å². The number of nitrogens with zero attached hydrogens (tertiary/aromatic N) is 2. The molecule has 2 aromatic rings. The maximum absolute atomic E-state index is 6.07. The lowest BCUT2D eigenvalue weighted by atomic mass is 10.3. The topological polar surface area (TPSA) is 17.8 Å². The first-order valence-electron chi connectivity index (χ1n) is 4.26. The number of alkyl halides is 1. The lowest BCUT2D eigenvalue weighted by Gasteiger charge is -2.04. The summed E-state index contributed by atoms with van der Waals surface area (Å²) in [4.78, 5) is 0. The minimum absolute atomic E-state index is 0.401. The van der Waals surface area contributed by atoms with Crippen LogP contribution in [0, 0.1) is 0 Å². The molecule has 15 heavy (non-hydrogen) atoms. The van der Waals surface area contributed by atoms with Crippen molar-refractivity contribution in [2.24, 2.45) is 0 Å². The molecule has 0 aliphatic rings. The molecule has 1 aromatic heterocycles. The van der Waals surface area contributed by atoms with E-state index < -0.39 is 0 Å². The maximum atomic E-state index is 6.07. The fourth-order valence-electron chi connectivity index (χ4n) is 1.23. The zero-order valence-electron chi connectivity index (χ0n) is 7.62. The molecule has 78 valence electrons. The average Bonchev–Trinajstić information content (AvgIpc) is 2.70. The summed E-state index contributed by atoms with van der Waals surface area (Å²) >= 11 is 15.1. The van der Waals surface area contributed by atoms with E-state index in [9.17, 15) is 0 Å². The van der Waals surface area contributed by atoms with Gasteiger partial charge in [0.25, 0.3) is 0 Å². The molecule has 0 aliphatic carbocycles. The van der Waals surface area contributed by atoms with Gasteiger partial charge in [-0.2, -0.15) is 5.10 Å². The van der Waals surface area contributed by atoms with E-state index in [1.165, 1.54) is 0 Å². The van der Waals surface area contributed by atoms with Gasteiger partial charge in [-0.1, -0.05) is 27.5 Å². The van der Waals surface area contributed by atoms with E-state index in [0.717, 1.165) is 15.9 Å². The van der Waals surface area contributed by atoms with E-state index in [-0.39, 0.29) is 0 Å². The highest BCUT2D eigenvalue weighted by molar-refractivity contribution is 9.10. The van der Waals surface area contributed by atoms with Crippen molar-refractivity contribution < 1.29 is 0 Å². The maximum Gasteiger partial charge on any atom is 0.0843 e. The molecule has 0 atom stereocenters. The van der Waals surface area contributed by atoms with Crippen LogP contribution >= 0.6 is 39.1 Å². The van der Waals surface area contributed by atoms with Gasteiger partial charge in [-0.05, 0) is 24.3 Å². The molecule has 1 heterocycles. The summed E-state index contributed by atoms with van der Waals surface area (Å²) in [7, 11) is 0. The SMILES string of the molecule is ClCc1ccn(-c2cc(Br)ccc2Cl)n1. The fraction of sp³-hybridized carbons (Fsp3) is 0.100. The van der Waals surface area contributed by atoms with Crippen molar-refractivity contribution in [3.8, 4) is 5.69 Å². The summed E-state index contributed by atoms with van der Waals surface area (Å²) in [6.45, 7) is 0. The zero-order valence-corrected chi connectivity index (χ0v) is 10.7. The largest absolute Gasteiger partial charge is 0.239 e. The lowest BCUT2D eigenvalue weighted by molar-refractivity contribution is 0.858. The molecule has 0 radical (unpaired) electrons. The van der Waals surface area contributed by atoms with Crippen LogP contribution < -0.4 is 0 Å². The Bertz CT molecular complexity index is 482. The van der Waals surface area contributed by atoms with E-state index >= 15 is 0 Å². The monoisotopic (exact) mass is 304 g/mol. The molecule has 5 heteroatoms. The minimum atomic E-state index is 0.401. The second-order valence-corrected chi connectivity index (χ2v) is 4.57. The zero-order chi connectivity index (χ0) is 10.8. The van der Waals surface area contributed by atoms with Crippen LogP contribution in [-0.4, -0.2) is 9.78 Å². The first kappa shape index (κ1) is 11.0. The summed E-state index contributed by atoms with van der Waals surface area (Å²) in [5, 5.41) is 4.94. The highest BCUT2D eigenvalue weighted by atomic mass is 79.9. The molecule has 2 nitrogen and oxygen atoms in total. The lowest BCUT2D eigenvalue weighted by Crippen LogP contribution is -1.96. The molecular weight excluding hydrogens is 299 g/mol. The minimum Gasteiger partial charge on any atom is -0.239 e. The van der Waals surface area contributed by atoms with Gasteiger partial charge in [0.1, 0.15) is 0 Å². The van der Waals surface area contributed by atoms with Crippen molar-refractivity contribution >= 4 is 39.1 Å². The molecule has 2 rings (SSSR count). The van der Waals surface area contributed by atoms with E-state index in [0.29, 0.717) is 10.9 Å². The standard InChI is InChI=1S/C10H7BrCl2N2/c11-7-1-2-9(13)10(5-7)15-4-3-8(6-12)14-15/h1-5H,6H2. The molecule has 0 N–H and O–H groups in total. The predicted molar refractivity (Wildman–Crippen MR) is 65.8 cm³/mol. The normalized spacial score (nSPS) is 10.6. The Kier molecular flexibility index (Phi) is 3.34. The van der Waals surface area contributed by atoms with Crippen LogP contribution in [0.5, 0.6) is 0 Å². The van der Waals surface area contributed by atoms with E-state index in [1.807, 2.05) is 30.5 Å². The molecule has 0 saturated heterocycles. The van der Waals surface area contributed by atoms with Gasteiger partial charge in [0.2, 0.25) is 0 Å². The van der Waals surface area contributed by atoms with Crippen molar-refractivity contribution in [1.82, 2.24) is 9.78 Å². The van der Waals surface area contributed by atoms with Crippen molar-refractivity contribution in [3.05, 3.63) is 45.7 Å². The molecule has 0 unspecified atom stereocenters. The van der Waals surface area contributed by atoms with Crippen LogP contribution in [-0.2, 0) is 5.88 Å². The second-order valence-electron chi connectivity index (χ2n) is 2.98. The Morgan fingerprint density at radius 1 is 1.33 bits per heavy atom. The third-order valence-corrected chi connectivity index (χ3v) is 3.02. The Hall–Kier alpha value is -0.510. The third kappa shape index (κ3) is 2.36. The number of hydrogen-bond acceptors (Lipinski definition) is 1. The molecule has 0 bridgehead atoms. The molecule has 0 saturated carbocycles. The van der Waals surface area contributed by atoms with Crippen LogP contribution in [0.25, 0.3) is 5.69 Å². The third-order valence-electron chi connectivity index (χ3n) is 1.94. The summed E-state index contributed by atoms with van der Waals surface area (Å²) in [5.41, 5.74) is 1.66. The van der Waals surface area contributed by atoms with Gasteiger partial charge >= 0.3 is 0 Å². The summed E-state index contributed by atoms with van der Waals surface area (Å²) in [6.07, 6.45) is 1.84. The number of halogens is 3. The smallest absolute Gasteiger partial charge is 0.0843 e. The molecule has 0 fully saturated rings. The molecule has 1 aromatic carbocycles. The number of aromatic nitrogens is 2. The predicted octanol–water partition coefficient (Wildman–Crippen LogP) is 4.03. The molecule has 0 aliphatic heterocycles. The summed E-state index contributed by atoms with van der Waals surface area (Å²) < 4.78 is 2.68. The van der Waals surface area contributed by atoms with Crippen LogP contribution in [0.1, 0.15) is 5.69 Å². The molecule has 0 amide bonds. The quantitative estimate of drug-likeness (QED) is 0.766. The Morgan fingerprint density at radius 3 is 2.80 bits per heavy atom. The van der Waals surface area contributed by atoms with Crippen molar-refractivity contribution in [2.45, 2.75) is 5.88 Å². The summed E-state index contributed by atoms with van der Waals surface area (Å²) in [6, 6.07) is 7.48. The van der Waals surface area contributed by atoms with E-state index in [1.54, 1.807) is 4.68 Å². The van der Waals surface area contributed by atoms with Crippen LogP contribution in [0.15, 0.2) is 34.9 Å². The van der Waals surface area contributed by atoms with Gasteiger partial charge in [0.15, 0.2) is 0 Å². The number of rotatable bonds is 2. The van der Waals surface area contributed by atoms with E-state index in [2.05, 4.69) is 21.0 Å². The first-order valence-corrected chi connectivity index (χ1v) is 5.97. The Morgan fingerprint density at radius 2 is 2.13 bits per heavy atom. The van der Waals surface area contributed by atoms with Gasteiger partial charge in [0.05, 0.1) is 22.3 Å². The number of hydrogen-bond donors (Lipinski definition) is 0. The van der Waals surface area contributed by atoms with Crippen LogP contribution in [0.2, 0.25) is 5.02 Å². The van der Waals surface area contributed by atoms with Gasteiger partial charge in [-0.25, -0.2) is 4.68 Å². The second kappa shape index (κ2) is 4.56. The highest BCUT2D eigenvalue weighted by Crippen LogP contribution is 2.24. The van der Waals surface area contributed by atoms with Gasteiger partial charge in [-0.15, -0.1) is 11.6 Å². The summed E-state index contributed by atoms with van der Waals surface area (Å²) in [5.74, 6) is 0.401. The fourth-order valence-corrected chi connectivity index (χ4v) is 1.92. The average molecular weight is 306 g/mol. The van der Waals surface area contributed by atoms with Crippen molar-refractivity contribution in [3.63, 3.8) is 0 Å². The van der Waals surface area contributed by atoms with E-state index in [4.69, 9.17) is 23.2 Å². The van der Waals surface area contributed by atoms with Crippen LogP contribution in [0.3, 0.4) is 0 Å². The van der Waals surface area contributed by atoms with Crippen molar-refractivity contribution in [2.75, 3.05) is 0 Å². The van der Waals surface area contributed by atoms with Crippen LogP contribution in [0.4, 0.5) is 0 Å². The Labute approximate surface area is 106 Å². The van der Waals surface area contributed by atoms with Gasteiger partial charge in [-0.3, -0.25) is 0 Å². The highest BCUT2D eigenvalue weighted by Gasteiger charge is 2.05.